The van der Waals surface area contributed by atoms with E-state index in [9.17, 15) is 44.3 Å². The van der Waals surface area contributed by atoms with E-state index in [2.05, 4.69) is 14.8 Å². The molecule has 15 heteroatoms. The quantitative estimate of drug-likeness (QED) is 0.383. The number of carbonyl (C=O) groups excluding carboxylic acids is 1. The number of hydrogen-bond donors (Lipinski definition) is 1. The highest BCUT2D eigenvalue weighted by Crippen LogP contribution is 2.48. The van der Waals surface area contributed by atoms with Crippen molar-refractivity contribution < 1.29 is 49.0 Å². The summed E-state index contributed by atoms with van der Waals surface area (Å²) in [4.78, 5) is 15.4. The summed E-state index contributed by atoms with van der Waals surface area (Å²) < 4.78 is 124. The fraction of sp³-hybridized carbons (Fsp3) is 0.286. The smallest absolute Gasteiger partial charge is 0.370 e. The molecule has 6 nitrogen and oxygen atoms in total. The molecule has 36 heavy (non-hydrogen) atoms. The van der Waals surface area contributed by atoms with Crippen molar-refractivity contribution in [3.05, 3.63) is 65.7 Å². The number of ether oxygens (including phenoxy) is 1. The summed E-state index contributed by atoms with van der Waals surface area (Å²) in [6.45, 7) is -3.05. The molecular formula is C21H15F9N4O2. The average Bonchev–Trinajstić information content (AvgIpc) is 3.25. The zero-order chi connectivity index (χ0) is 26.9. The summed E-state index contributed by atoms with van der Waals surface area (Å²) >= 11 is 0. The van der Waals surface area contributed by atoms with Gasteiger partial charge in [-0.25, -0.2) is 22.8 Å². The summed E-state index contributed by atoms with van der Waals surface area (Å²) in [7, 11) is 0. The number of primary amides is 1. The first-order valence-electron chi connectivity index (χ1n) is 9.79. The molecular weight excluding hydrogens is 511 g/mol. The van der Waals surface area contributed by atoms with E-state index in [1.807, 2.05) is 0 Å². The van der Waals surface area contributed by atoms with Gasteiger partial charge in [0.1, 0.15) is 12.4 Å². The van der Waals surface area contributed by atoms with Gasteiger partial charge in [0.05, 0.1) is 17.9 Å². The van der Waals surface area contributed by atoms with Gasteiger partial charge in [-0.05, 0) is 29.8 Å². The summed E-state index contributed by atoms with van der Waals surface area (Å²) in [5, 5.41) is 3.90. The van der Waals surface area contributed by atoms with Crippen LogP contribution >= 0.6 is 0 Å². The van der Waals surface area contributed by atoms with Crippen LogP contribution in [0, 0.1) is 5.82 Å². The zero-order valence-corrected chi connectivity index (χ0v) is 17.7. The third kappa shape index (κ3) is 5.01. The molecule has 0 aliphatic heterocycles. The van der Waals surface area contributed by atoms with Gasteiger partial charge in [-0.15, -0.1) is 5.10 Å². The molecule has 0 aliphatic rings. The normalized spacial score (nSPS) is 12.8. The van der Waals surface area contributed by atoms with Gasteiger partial charge < -0.3 is 10.5 Å². The van der Waals surface area contributed by atoms with Crippen molar-refractivity contribution >= 4 is 5.91 Å². The van der Waals surface area contributed by atoms with E-state index in [0.717, 1.165) is 10.7 Å². The molecule has 3 rings (SSSR count). The molecule has 0 bridgehead atoms. The van der Waals surface area contributed by atoms with Gasteiger partial charge >= 0.3 is 24.2 Å². The molecule has 0 unspecified atom stereocenters. The molecule has 2 aromatic carbocycles. The predicted octanol–water partition coefficient (Wildman–Crippen LogP) is 4.86. The highest BCUT2D eigenvalue weighted by Gasteiger charge is 2.75. The van der Waals surface area contributed by atoms with Crippen LogP contribution in [0.4, 0.5) is 39.5 Å². The molecule has 0 spiro atoms. The molecule has 0 saturated carbocycles. The lowest BCUT2D eigenvalue weighted by atomic mass is 10.1. The van der Waals surface area contributed by atoms with E-state index in [1.165, 1.54) is 42.5 Å². The van der Waals surface area contributed by atoms with Crippen LogP contribution < -0.4 is 5.73 Å². The molecule has 1 aromatic heterocycles. The van der Waals surface area contributed by atoms with Crippen LogP contribution in [0.3, 0.4) is 0 Å². The van der Waals surface area contributed by atoms with Gasteiger partial charge in [0.15, 0.2) is 5.82 Å². The molecule has 0 saturated heterocycles. The second-order valence-corrected chi connectivity index (χ2v) is 7.38. The minimum Gasteiger partial charge on any atom is -0.370 e. The van der Waals surface area contributed by atoms with Crippen molar-refractivity contribution in [1.29, 1.82) is 0 Å². The molecule has 1 amide bonds. The van der Waals surface area contributed by atoms with Crippen LogP contribution in [0.15, 0.2) is 48.5 Å². The molecule has 3 aromatic rings. The third-order valence-corrected chi connectivity index (χ3v) is 4.83. The molecule has 1 heterocycles. The van der Waals surface area contributed by atoms with Gasteiger partial charge in [-0.1, -0.05) is 24.3 Å². The fourth-order valence-corrected chi connectivity index (χ4v) is 2.92. The molecule has 0 aliphatic carbocycles. The molecule has 2 N–H and O–H groups in total. The van der Waals surface area contributed by atoms with Crippen molar-refractivity contribution in [3.8, 4) is 17.1 Å². The number of carbonyl (C=O) groups is 1. The number of aromatic nitrogens is 3. The van der Waals surface area contributed by atoms with E-state index in [4.69, 9.17) is 5.73 Å². The van der Waals surface area contributed by atoms with Crippen LogP contribution in [0.25, 0.3) is 17.1 Å². The summed E-state index contributed by atoms with van der Waals surface area (Å²) in [5.41, 5.74) is 5.42. The third-order valence-electron chi connectivity index (χ3n) is 4.83. The Morgan fingerprint density at radius 1 is 1.00 bits per heavy atom. The van der Waals surface area contributed by atoms with Gasteiger partial charge in [0.25, 0.3) is 5.91 Å². The summed E-state index contributed by atoms with van der Waals surface area (Å²) in [6, 6.07) is 10.5. The lowest BCUT2D eigenvalue weighted by molar-refractivity contribution is -0.346. The number of rotatable bonds is 10. The maximum Gasteiger partial charge on any atom is 0.380 e. The first kappa shape index (κ1) is 27.0. The largest absolute Gasteiger partial charge is 0.380 e. The predicted molar refractivity (Wildman–Crippen MR) is 106 cm³/mol. The topological polar surface area (TPSA) is 83.0 Å². The van der Waals surface area contributed by atoms with Gasteiger partial charge in [-0.2, -0.15) is 26.3 Å². The molecule has 0 fully saturated rings. The van der Waals surface area contributed by atoms with Crippen LogP contribution in [-0.4, -0.2) is 51.5 Å². The Kier molecular flexibility index (Phi) is 7.34. The van der Waals surface area contributed by atoms with Crippen LogP contribution in [0.5, 0.6) is 0 Å². The Labute approximate surface area is 196 Å². The van der Waals surface area contributed by atoms with E-state index in [-0.39, 0.29) is 22.6 Å². The van der Waals surface area contributed by atoms with E-state index >= 15 is 0 Å². The summed E-state index contributed by atoms with van der Waals surface area (Å²) in [5.74, 6) is -20.5. The Morgan fingerprint density at radius 3 is 2.17 bits per heavy atom. The molecule has 194 valence electrons. The van der Waals surface area contributed by atoms with Crippen molar-refractivity contribution in [1.82, 2.24) is 14.8 Å². The highest BCUT2D eigenvalue weighted by atomic mass is 19.4. The second-order valence-electron chi connectivity index (χ2n) is 7.38. The van der Waals surface area contributed by atoms with Crippen LogP contribution in [0.1, 0.15) is 16.2 Å². The van der Waals surface area contributed by atoms with Gasteiger partial charge in [-0.3, -0.25) is 4.79 Å². The standard InChI is InChI=1S/C21H15F9N4O2/c22-14-4-2-1-3-13(14)17-32-16(15(31)35)33-34(17)12-7-5-11(6-8-12)9-36-10-19(25,26)21(29,30)20(27,28)18(23)24/h1-8,18H,9-10H2,(H2,31,35). The maximum atomic E-state index is 14.3. The van der Waals surface area contributed by atoms with E-state index in [1.54, 1.807) is 0 Å². The van der Waals surface area contributed by atoms with Gasteiger partial charge in [0.2, 0.25) is 5.82 Å². The fourth-order valence-electron chi connectivity index (χ4n) is 2.92. The number of hydrogen-bond acceptors (Lipinski definition) is 4. The minimum absolute atomic E-state index is 0.0336. The molecule has 0 atom stereocenters. The monoisotopic (exact) mass is 526 g/mol. The second kappa shape index (κ2) is 9.79. The lowest BCUT2D eigenvalue weighted by Crippen LogP contribution is -2.59. The number of nitrogens with zero attached hydrogens (tertiary/aromatic N) is 3. The maximum absolute atomic E-state index is 14.3. The number of alkyl halides is 8. The molecule has 0 radical (unpaired) electrons. The van der Waals surface area contributed by atoms with E-state index < -0.39 is 55.0 Å². The minimum atomic E-state index is -6.37. The van der Waals surface area contributed by atoms with E-state index in [0.29, 0.717) is 0 Å². The SMILES string of the molecule is NC(=O)c1nc(-c2ccccc2F)n(-c2ccc(COCC(F)(F)C(F)(F)C(F)(F)C(F)F)cc2)n1. The zero-order valence-electron chi connectivity index (χ0n) is 17.7. The van der Waals surface area contributed by atoms with Crippen molar-refractivity contribution in [2.24, 2.45) is 5.73 Å². The number of halogens is 9. The summed E-state index contributed by atoms with van der Waals surface area (Å²) in [6.07, 6.45) is -5.02. The average molecular weight is 526 g/mol. The number of nitrogens with two attached hydrogens (primary N) is 1. The Hall–Kier alpha value is -3.62. The Balaban J connectivity index is 1.78. The van der Waals surface area contributed by atoms with Crippen LogP contribution in [0.2, 0.25) is 0 Å². The number of amides is 1. The van der Waals surface area contributed by atoms with Crippen molar-refractivity contribution in [3.63, 3.8) is 0 Å². The van der Waals surface area contributed by atoms with Crippen LogP contribution in [-0.2, 0) is 11.3 Å². The Bertz CT molecular complexity index is 1230. The van der Waals surface area contributed by atoms with Crippen molar-refractivity contribution in [2.45, 2.75) is 30.8 Å². The lowest BCUT2D eigenvalue weighted by Gasteiger charge is -2.32. The number of benzene rings is 2. The van der Waals surface area contributed by atoms with Gasteiger partial charge in [0, 0.05) is 0 Å². The highest BCUT2D eigenvalue weighted by molar-refractivity contribution is 5.89. The first-order valence-corrected chi connectivity index (χ1v) is 9.79. The Morgan fingerprint density at radius 2 is 1.61 bits per heavy atom. The van der Waals surface area contributed by atoms with Crippen molar-refractivity contribution in [2.75, 3.05) is 6.61 Å². The first-order chi connectivity index (χ1) is 16.7.